The number of carboxylic acid groups (broad SMARTS) is 1. The summed E-state index contributed by atoms with van der Waals surface area (Å²) in [5.74, 6) is -6.17. The molecule has 0 spiro atoms. The van der Waals surface area contributed by atoms with Crippen molar-refractivity contribution < 1.29 is 45.0 Å². The molecule has 1 heterocycles. The zero-order valence-corrected chi connectivity index (χ0v) is 20.9. The van der Waals surface area contributed by atoms with Crippen molar-refractivity contribution in [3.63, 3.8) is 0 Å². The van der Waals surface area contributed by atoms with E-state index in [2.05, 4.69) is 0 Å². The van der Waals surface area contributed by atoms with Crippen LogP contribution in [0.5, 0.6) is 0 Å². The summed E-state index contributed by atoms with van der Waals surface area (Å²) in [6, 6.07) is 11.6. The summed E-state index contributed by atoms with van der Waals surface area (Å²) in [5, 5.41) is 9.91. The molecule has 6 nitrogen and oxygen atoms in total. The van der Waals surface area contributed by atoms with Crippen molar-refractivity contribution in [3.05, 3.63) is 54.1 Å². The van der Waals surface area contributed by atoms with E-state index in [0.717, 1.165) is 0 Å². The number of hydrogen-bond acceptors (Lipinski definition) is 5. The van der Waals surface area contributed by atoms with Gasteiger partial charge in [0.15, 0.2) is 14.6 Å². The molecule has 0 bridgehead atoms. The number of nitrogens with zero attached hydrogens (tertiary/aromatic N) is 1. The van der Waals surface area contributed by atoms with Crippen molar-refractivity contribution in [2.75, 3.05) is 33.4 Å². The number of carboxylic acids is 1. The second-order valence-corrected chi connectivity index (χ2v) is 11.3. The molecule has 1 aliphatic rings. The molecule has 0 radical (unpaired) electrons. The van der Waals surface area contributed by atoms with Crippen LogP contribution in [0.15, 0.2) is 53.4 Å². The second-order valence-electron chi connectivity index (χ2n) is 9.06. The van der Waals surface area contributed by atoms with Crippen molar-refractivity contribution >= 4 is 15.8 Å². The lowest BCUT2D eigenvalue weighted by Gasteiger charge is -2.38. The van der Waals surface area contributed by atoms with E-state index < -0.39 is 45.5 Å². The maximum atomic E-state index is 13.4. The fourth-order valence-electron chi connectivity index (χ4n) is 4.31. The third-order valence-electron chi connectivity index (χ3n) is 6.77. The zero-order chi connectivity index (χ0) is 27.5. The van der Waals surface area contributed by atoms with Crippen molar-refractivity contribution in [2.45, 2.75) is 47.4 Å². The maximum Gasteiger partial charge on any atom is 0.453 e. The molecule has 3 rings (SSSR count). The molecule has 1 aliphatic heterocycles. The number of rotatable bonds is 10. The molecule has 0 aromatic heterocycles. The molecule has 0 aliphatic carbocycles. The monoisotopic (exact) mass is 549 g/mol. The summed E-state index contributed by atoms with van der Waals surface area (Å²) in [4.78, 5) is 14.0. The molecule has 1 N–H and O–H groups in total. The van der Waals surface area contributed by atoms with Crippen LogP contribution in [0.2, 0.25) is 0 Å². The average Bonchev–Trinajstić information content (AvgIpc) is 2.86. The van der Waals surface area contributed by atoms with Gasteiger partial charge in [-0.1, -0.05) is 36.4 Å². The lowest BCUT2D eigenvalue weighted by Crippen LogP contribution is -2.54. The SMILES string of the molecule is COCCN1CCC(C(=O)O)(S(=O)(=O)c2ccc(-c3ccc(CCC(F)(F)C(F)(F)F)cc3)cc2)CC1. The summed E-state index contributed by atoms with van der Waals surface area (Å²) in [7, 11) is -2.68. The van der Waals surface area contributed by atoms with E-state index in [0.29, 0.717) is 42.9 Å². The number of likely N-dealkylation sites (tertiary alicyclic amines) is 1. The number of ether oxygens (including phenoxy) is 1. The van der Waals surface area contributed by atoms with Gasteiger partial charge in [-0.05, 0) is 48.1 Å². The number of carbonyl (C=O) groups is 1. The van der Waals surface area contributed by atoms with E-state index in [9.17, 15) is 40.3 Å². The summed E-state index contributed by atoms with van der Waals surface area (Å²) in [6.07, 6.45) is -7.56. The number of methoxy groups -OCH3 is 1. The van der Waals surface area contributed by atoms with Gasteiger partial charge in [0, 0.05) is 33.2 Å². The summed E-state index contributed by atoms with van der Waals surface area (Å²) < 4.78 is 93.3. The van der Waals surface area contributed by atoms with Gasteiger partial charge in [-0.25, -0.2) is 8.42 Å². The molecule has 0 saturated carbocycles. The first-order valence-corrected chi connectivity index (χ1v) is 13.0. The summed E-state index contributed by atoms with van der Waals surface area (Å²) in [6.45, 7) is 1.63. The molecule has 12 heteroatoms. The van der Waals surface area contributed by atoms with Crippen LogP contribution in [0.4, 0.5) is 22.0 Å². The van der Waals surface area contributed by atoms with Gasteiger partial charge in [-0.2, -0.15) is 22.0 Å². The molecule has 0 unspecified atom stereocenters. The van der Waals surface area contributed by atoms with Crippen molar-refractivity contribution in [1.82, 2.24) is 4.90 Å². The third kappa shape index (κ3) is 6.12. The number of alkyl halides is 5. The zero-order valence-electron chi connectivity index (χ0n) is 20.1. The van der Waals surface area contributed by atoms with Crippen LogP contribution in [-0.4, -0.2) is 74.6 Å². The highest BCUT2D eigenvalue weighted by molar-refractivity contribution is 7.93. The predicted molar refractivity (Wildman–Crippen MR) is 126 cm³/mol. The smallest absolute Gasteiger partial charge is 0.453 e. The number of sulfone groups is 1. The van der Waals surface area contributed by atoms with Crippen LogP contribution < -0.4 is 0 Å². The highest BCUT2D eigenvalue weighted by Crippen LogP contribution is 2.39. The molecule has 37 heavy (non-hydrogen) atoms. The lowest BCUT2D eigenvalue weighted by molar-refractivity contribution is -0.284. The van der Waals surface area contributed by atoms with E-state index in [-0.39, 0.29) is 17.7 Å². The fraction of sp³-hybridized carbons (Fsp3) is 0.480. The Kier molecular flexibility index (Phi) is 8.65. The van der Waals surface area contributed by atoms with Crippen LogP contribution in [0.3, 0.4) is 0 Å². The molecule has 2 aromatic carbocycles. The van der Waals surface area contributed by atoms with Crippen LogP contribution in [-0.2, 0) is 25.8 Å². The quantitative estimate of drug-likeness (QED) is 0.428. The highest BCUT2D eigenvalue weighted by atomic mass is 32.2. The number of benzene rings is 2. The Morgan fingerprint density at radius 2 is 1.49 bits per heavy atom. The van der Waals surface area contributed by atoms with Gasteiger partial charge >= 0.3 is 18.1 Å². The van der Waals surface area contributed by atoms with E-state index in [4.69, 9.17) is 4.74 Å². The molecule has 0 atom stereocenters. The topological polar surface area (TPSA) is 83.9 Å². The molecular formula is C25H28F5NO5S. The Bertz CT molecular complexity index is 1170. The van der Waals surface area contributed by atoms with Crippen LogP contribution in [0.1, 0.15) is 24.8 Å². The van der Waals surface area contributed by atoms with Gasteiger partial charge < -0.3 is 14.7 Å². The minimum Gasteiger partial charge on any atom is -0.480 e. The predicted octanol–water partition coefficient (Wildman–Crippen LogP) is 4.82. The third-order valence-corrected chi connectivity index (χ3v) is 9.28. The standard InChI is InChI=1S/C25H28F5NO5S/c1-36-17-16-31-14-12-23(13-15-31,22(32)33)37(34,35)21-8-6-20(7-9-21)19-4-2-18(3-5-19)10-11-24(26,27)25(28,29)30/h2-9H,10-17H2,1H3,(H,32,33). The molecule has 0 amide bonds. The second kappa shape index (κ2) is 11.0. The normalized spacial score (nSPS) is 17.0. The van der Waals surface area contributed by atoms with Gasteiger partial charge in [0.05, 0.1) is 11.5 Å². The van der Waals surface area contributed by atoms with Gasteiger partial charge in [0.2, 0.25) is 0 Å². The Morgan fingerprint density at radius 3 is 1.95 bits per heavy atom. The number of piperidine rings is 1. The molecule has 1 saturated heterocycles. The van der Waals surface area contributed by atoms with Gasteiger partial charge in [-0.15, -0.1) is 0 Å². The van der Waals surface area contributed by atoms with E-state index in [1.807, 2.05) is 4.90 Å². The van der Waals surface area contributed by atoms with Crippen molar-refractivity contribution in [2.24, 2.45) is 0 Å². The van der Waals surface area contributed by atoms with E-state index >= 15 is 0 Å². The lowest BCUT2D eigenvalue weighted by atomic mass is 9.96. The molecule has 1 fully saturated rings. The average molecular weight is 550 g/mol. The first-order chi connectivity index (χ1) is 17.2. The Balaban J connectivity index is 1.74. The molecule has 204 valence electrons. The summed E-state index contributed by atoms with van der Waals surface area (Å²) >= 11 is 0. The van der Waals surface area contributed by atoms with Crippen molar-refractivity contribution in [1.29, 1.82) is 0 Å². The summed E-state index contributed by atoms with van der Waals surface area (Å²) in [5.41, 5.74) is 1.46. The maximum absolute atomic E-state index is 13.4. The first-order valence-electron chi connectivity index (χ1n) is 11.6. The number of halogens is 5. The van der Waals surface area contributed by atoms with E-state index in [1.165, 1.54) is 36.4 Å². The number of hydrogen-bond donors (Lipinski definition) is 1. The fourth-order valence-corrected chi connectivity index (χ4v) is 6.21. The minimum absolute atomic E-state index is 0.0645. The van der Waals surface area contributed by atoms with Crippen LogP contribution >= 0.6 is 0 Å². The largest absolute Gasteiger partial charge is 0.480 e. The van der Waals surface area contributed by atoms with E-state index in [1.54, 1.807) is 19.2 Å². The van der Waals surface area contributed by atoms with Crippen LogP contribution in [0, 0.1) is 0 Å². The van der Waals surface area contributed by atoms with Gasteiger partial charge in [0.1, 0.15) is 0 Å². The highest BCUT2D eigenvalue weighted by Gasteiger charge is 2.56. The molecule has 2 aromatic rings. The number of aliphatic carboxylic acids is 1. The van der Waals surface area contributed by atoms with Crippen LogP contribution in [0.25, 0.3) is 11.1 Å². The van der Waals surface area contributed by atoms with Crippen molar-refractivity contribution in [3.8, 4) is 11.1 Å². The minimum atomic E-state index is -5.60. The Hall–Kier alpha value is -2.57. The van der Waals surface area contributed by atoms with Gasteiger partial charge in [0.25, 0.3) is 0 Å². The Morgan fingerprint density at radius 1 is 0.973 bits per heavy atom. The Labute approximate surface area is 212 Å². The first kappa shape index (κ1) is 29.0. The number of aryl methyl sites for hydroxylation is 1. The van der Waals surface area contributed by atoms with Gasteiger partial charge in [-0.3, -0.25) is 4.79 Å². The molecular weight excluding hydrogens is 521 g/mol.